The van der Waals surface area contributed by atoms with Gasteiger partial charge in [-0.25, -0.2) is 0 Å². The van der Waals surface area contributed by atoms with E-state index in [4.69, 9.17) is 47.0 Å². The summed E-state index contributed by atoms with van der Waals surface area (Å²) in [4.78, 5) is 4.35. The Morgan fingerprint density at radius 2 is 1.82 bits per heavy atom. The molecule has 0 aromatic rings. The number of amidine groups is 1. The Labute approximate surface area is 234 Å². The summed E-state index contributed by atoms with van der Waals surface area (Å²) in [7, 11) is 1.59. The van der Waals surface area contributed by atoms with Crippen LogP contribution in [0.3, 0.4) is 0 Å². The Kier molecular flexibility index (Phi) is 12.4. The molecule has 1 saturated carbocycles. The lowest BCUT2D eigenvalue weighted by Gasteiger charge is -2.48. The van der Waals surface area contributed by atoms with Gasteiger partial charge in [0, 0.05) is 25.7 Å². The molecular formula is C24H49N7O9. The van der Waals surface area contributed by atoms with Gasteiger partial charge in [-0.1, -0.05) is 0 Å². The van der Waals surface area contributed by atoms with E-state index in [1.165, 1.54) is 6.92 Å². The van der Waals surface area contributed by atoms with Gasteiger partial charge in [0.05, 0.1) is 37.4 Å². The highest BCUT2D eigenvalue weighted by Crippen LogP contribution is 2.33. The van der Waals surface area contributed by atoms with Gasteiger partial charge in [0.2, 0.25) is 0 Å². The van der Waals surface area contributed by atoms with Crippen molar-refractivity contribution in [2.24, 2.45) is 27.9 Å². The second-order valence-electron chi connectivity index (χ2n) is 11.1. The minimum absolute atomic E-state index is 0.000836. The molecule has 1 aliphatic carbocycles. The van der Waals surface area contributed by atoms with Crippen LogP contribution < -0.4 is 33.6 Å². The van der Waals surface area contributed by atoms with E-state index in [-0.39, 0.29) is 38.1 Å². The maximum Gasteiger partial charge on any atom is 0.185 e. The van der Waals surface area contributed by atoms with Crippen LogP contribution in [-0.4, -0.2) is 150 Å². The van der Waals surface area contributed by atoms with Gasteiger partial charge in [0.15, 0.2) is 12.6 Å². The number of rotatable bonds is 12. The van der Waals surface area contributed by atoms with E-state index in [0.717, 1.165) is 0 Å². The average Bonchev–Trinajstić information content (AvgIpc) is 2.91. The zero-order chi connectivity index (χ0) is 29.6. The molecule has 16 nitrogen and oxygen atoms in total. The first-order chi connectivity index (χ1) is 18.9. The molecule has 3 fully saturated rings. The van der Waals surface area contributed by atoms with Crippen molar-refractivity contribution in [3.05, 3.63) is 0 Å². The predicted octanol–water partition coefficient (Wildman–Crippen LogP) is -5.64. The molecule has 40 heavy (non-hydrogen) atoms. The Morgan fingerprint density at radius 3 is 2.48 bits per heavy atom. The minimum atomic E-state index is -1.39. The SMILES string of the molecule is CN[C@@H]1[C@@H](O)[C@@H](O[C@@H]2[C@@H](O)[C@H](O[C@H]3O[C@H](CNCCO)CC[C@H]3N)[C@@H](N)C[C@H]2N=C(N)C(O)CN)OC[C@]1(C)O. The summed E-state index contributed by atoms with van der Waals surface area (Å²) in [6.45, 7) is 2.12. The van der Waals surface area contributed by atoms with Crippen molar-refractivity contribution in [3.8, 4) is 0 Å². The summed E-state index contributed by atoms with van der Waals surface area (Å²) >= 11 is 0. The van der Waals surface area contributed by atoms with Gasteiger partial charge in [-0.3, -0.25) is 4.99 Å². The van der Waals surface area contributed by atoms with E-state index in [1.807, 2.05) is 0 Å². The van der Waals surface area contributed by atoms with Crippen LogP contribution in [0.5, 0.6) is 0 Å². The quantitative estimate of drug-likeness (QED) is 0.0584. The van der Waals surface area contributed by atoms with Crippen LogP contribution >= 0.6 is 0 Å². The second-order valence-corrected chi connectivity index (χ2v) is 11.1. The third kappa shape index (κ3) is 8.05. The standard InChI is InChI=1S/C24H49N7O9/c1-24(36)10-37-23(17(35)20(24)29-2)40-19-14(31-21(28)15(33)8-25)7-13(27)18(16(19)34)39-22-12(26)4-3-11(38-22)9-30-5-6-32/h11-20,22-23,29-30,32-36H,3-10,25-27H2,1-2H3,(H2,28,31)/t11-,12+,13-,14+,15?,16-,17+,18+,19-,20+,22+,23+,24-/m0/s1. The van der Waals surface area contributed by atoms with Crippen LogP contribution in [0.1, 0.15) is 26.2 Å². The topological polar surface area (TPSA) is 279 Å². The summed E-state index contributed by atoms with van der Waals surface area (Å²) in [6.07, 6.45) is -6.96. The number of aliphatic imine (C=N–C) groups is 1. The Morgan fingerprint density at radius 1 is 1.12 bits per heavy atom. The Balaban J connectivity index is 1.81. The fraction of sp³-hybridized carbons (Fsp3) is 0.958. The minimum Gasteiger partial charge on any atom is -0.395 e. The maximum atomic E-state index is 11.5. The number of nitrogens with one attached hydrogen (secondary N) is 2. The lowest BCUT2D eigenvalue weighted by atomic mass is 9.83. The maximum absolute atomic E-state index is 11.5. The third-order valence-corrected chi connectivity index (χ3v) is 7.75. The highest BCUT2D eigenvalue weighted by molar-refractivity contribution is 5.85. The van der Waals surface area contributed by atoms with E-state index in [9.17, 15) is 20.4 Å². The second kappa shape index (κ2) is 14.9. The van der Waals surface area contributed by atoms with E-state index in [2.05, 4.69) is 15.6 Å². The largest absolute Gasteiger partial charge is 0.395 e. The number of aliphatic hydroxyl groups excluding tert-OH is 4. The summed E-state index contributed by atoms with van der Waals surface area (Å²) in [6, 6.07) is -2.87. The number of hydrogen-bond acceptors (Lipinski definition) is 15. The average molecular weight is 580 g/mol. The first-order valence-electron chi connectivity index (χ1n) is 13.8. The van der Waals surface area contributed by atoms with Crippen molar-refractivity contribution in [1.29, 1.82) is 0 Å². The van der Waals surface area contributed by atoms with Crippen molar-refractivity contribution < 1.29 is 44.5 Å². The normalized spacial score (nSPS) is 44.0. The molecule has 234 valence electrons. The molecular weight excluding hydrogens is 530 g/mol. The van der Waals surface area contributed by atoms with Crippen molar-refractivity contribution in [2.45, 2.75) is 105 Å². The van der Waals surface area contributed by atoms with Crippen molar-refractivity contribution >= 4 is 5.84 Å². The van der Waals surface area contributed by atoms with Crippen LogP contribution in [0, 0.1) is 0 Å². The van der Waals surface area contributed by atoms with Gasteiger partial charge in [0.25, 0.3) is 0 Å². The predicted molar refractivity (Wildman–Crippen MR) is 144 cm³/mol. The third-order valence-electron chi connectivity index (χ3n) is 7.75. The number of hydrogen-bond donors (Lipinski definition) is 11. The number of aliphatic hydroxyl groups is 5. The first kappa shape index (κ1) is 33.4. The first-order valence-corrected chi connectivity index (χ1v) is 13.8. The smallest absolute Gasteiger partial charge is 0.185 e. The monoisotopic (exact) mass is 579 g/mol. The Hall–Kier alpha value is -1.09. The lowest BCUT2D eigenvalue weighted by Crippen LogP contribution is -2.67. The van der Waals surface area contributed by atoms with E-state index < -0.39 is 72.9 Å². The van der Waals surface area contributed by atoms with Crippen LogP contribution in [0.15, 0.2) is 4.99 Å². The van der Waals surface area contributed by atoms with Gasteiger partial charge in [0.1, 0.15) is 42.0 Å². The van der Waals surface area contributed by atoms with Crippen molar-refractivity contribution in [1.82, 2.24) is 10.6 Å². The zero-order valence-corrected chi connectivity index (χ0v) is 23.2. The Bertz CT molecular complexity index is 813. The van der Waals surface area contributed by atoms with Gasteiger partial charge in [-0.05, 0) is 33.2 Å². The molecule has 0 bridgehead atoms. The molecule has 2 saturated heterocycles. The fourth-order valence-corrected chi connectivity index (χ4v) is 5.47. The number of nitrogens with two attached hydrogens (primary N) is 4. The summed E-state index contributed by atoms with van der Waals surface area (Å²) in [5.41, 5.74) is 22.8. The highest BCUT2D eigenvalue weighted by atomic mass is 16.7. The molecule has 0 aromatic carbocycles. The van der Waals surface area contributed by atoms with Crippen LogP contribution in [0.25, 0.3) is 0 Å². The lowest BCUT2D eigenvalue weighted by molar-refractivity contribution is -0.306. The molecule has 1 unspecified atom stereocenters. The summed E-state index contributed by atoms with van der Waals surface area (Å²) in [5, 5.41) is 58.1. The van der Waals surface area contributed by atoms with E-state index in [1.54, 1.807) is 7.05 Å². The molecule has 0 radical (unpaired) electrons. The van der Waals surface area contributed by atoms with Gasteiger partial charge < -0.3 is 78.0 Å². The number of nitrogens with zero attached hydrogens (tertiary/aromatic N) is 1. The van der Waals surface area contributed by atoms with E-state index >= 15 is 0 Å². The molecule has 3 aliphatic rings. The molecule has 2 aliphatic heterocycles. The molecule has 13 atom stereocenters. The number of ether oxygens (including phenoxy) is 4. The van der Waals surface area contributed by atoms with Gasteiger partial charge >= 0.3 is 0 Å². The molecule has 0 spiro atoms. The molecule has 3 rings (SSSR count). The number of likely N-dealkylation sites (N-methyl/N-ethyl adjacent to an activating group) is 1. The van der Waals surface area contributed by atoms with E-state index in [0.29, 0.717) is 25.9 Å². The molecule has 0 amide bonds. The van der Waals surface area contributed by atoms with Crippen LogP contribution in [-0.2, 0) is 18.9 Å². The van der Waals surface area contributed by atoms with Gasteiger partial charge in [-0.15, -0.1) is 0 Å². The summed E-state index contributed by atoms with van der Waals surface area (Å²) < 4.78 is 23.9. The molecule has 2 heterocycles. The summed E-state index contributed by atoms with van der Waals surface area (Å²) in [5.74, 6) is -0.156. The molecule has 16 heteroatoms. The zero-order valence-electron chi connectivity index (χ0n) is 23.2. The van der Waals surface area contributed by atoms with Crippen LogP contribution in [0.4, 0.5) is 0 Å². The van der Waals surface area contributed by atoms with Gasteiger partial charge in [-0.2, -0.15) is 0 Å². The highest BCUT2D eigenvalue weighted by Gasteiger charge is 2.51. The van der Waals surface area contributed by atoms with Crippen LogP contribution in [0.2, 0.25) is 0 Å². The fourth-order valence-electron chi connectivity index (χ4n) is 5.47. The molecule has 15 N–H and O–H groups in total. The van der Waals surface area contributed by atoms with Crippen molar-refractivity contribution in [3.63, 3.8) is 0 Å². The molecule has 0 aromatic heterocycles. The van der Waals surface area contributed by atoms with Crippen molar-refractivity contribution in [2.75, 3.05) is 39.9 Å².